The highest BCUT2D eigenvalue weighted by atomic mass is 35.6. The standard InChI is InChI=1S/C7H15ClOSi/c1-7(9)5-4-6-10(2,3)8/h4-6H2,1-3H3. The topological polar surface area (TPSA) is 17.1 Å². The van der Waals surface area contributed by atoms with Gasteiger partial charge in [0.2, 0.25) is 0 Å². The summed E-state index contributed by atoms with van der Waals surface area (Å²) in [6.45, 7) is 5.84. The Hall–Kier alpha value is 0.177. The van der Waals surface area contributed by atoms with Crippen LogP contribution < -0.4 is 0 Å². The van der Waals surface area contributed by atoms with E-state index in [1.54, 1.807) is 6.92 Å². The number of carbonyl (C=O) groups excluding carboxylic acids is 1. The Balaban J connectivity index is 3.29. The average Bonchev–Trinajstić information content (AvgIpc) is 1.59. The van der Waals surface area contributed by atoms with E-state index in [9.17, 15) is 4.79 Å². The molecular weight excluding hydrogens is 164 g/mol. The fourth-order valence-corrected chi connectivity index (χ4v) is 2.18. The lowest BCUT2D eigenvalue weighted by molar-refractivity contribution is -0.117. The molecule has 0 saturated heterocycles. The van der Waals surface area contributed by atoms with Crippen LogP contribution in [0.4, 0.5) is 0 Å². The van der Waals surface area contributed by atoms with E-state index in [4.69, 9.17) is 11.1 Å². The van der Waals surface area contributed by atoms with Gasteiger partial charge in [-0.05, 0) is 19.4 Å². The molecule has 0 amide bonds. The number of halogens is 1. The quantitative estimate of drug-likeness (QED) is 0.478. The number of Topliss-reactive ketones (excluding diaryl/α,β-unsaturated/α-hetero) is 1. The molecule has 10 heavy (non-hydrogen) atoms. The van der Waals surface area contributed by atoms with Crippen molar-refractivity contribution in [2.45, 2.75) is 38.9 Å². The van der Waals surface area contributed by atoms with Crippen LogP contribution >= 0.6 is 11.1 Å². The van der Waals surface area contributed by atoms with E-state index in [0.29, 0.717) is 6.42 Å². The second kappa shape index (κ2) is 4.14. The lowest BCUT2D eigenvalue weighted by Crippen LogP contribution is -2.15. The van der Waals surface area contributed by atoms with Gasteiger partial charge in [0.25, 0.3) is 0 Å². The van der Waals surface area contributed by atoms with Gasteiger partial charge in [-0.15, -0.1) is 0 Å². The third kappa shape index (κ3) is 8.18. The molecule has 1 nitrogen and oxygen atoms in total. The van der Waals surface area contributed by atoms with Crippen molar-refractivity contribution in [2.75, 3.05) is 0 Å². The van der Waals surface area contributed by atoms with Crippen LogP contribution in [0.5, 0.6) is 0 Å². The minimum atomic E-state index is -1.40. The van der Waals surface area contributed by atoms with Gasteiger partial charge in [-0.3, -0.25) is 0 Å². The summed E-state index contributed by atoms with van der Waals surface area (Å²) >= 11 is 6.04. The van der Waals surface area contributed by atoms with Gasteiger partial charge < -0.3 is 4.79 Å². The molecule has 0 aromatic heterocycles. The number of ketones is 1. The first kappa shape index (κ1) is 10.2. The molecule has 60 valence electrons. The fraction of sp³-hybridized carbons (Fsp3) is 0.857. The monoisotopic (exact) mass is 178 g/mol. The predicted octanol–water partition coefficient (Wildman–Crippen LogP) is 2.80. The molecule has 0 saturated carbocycles. The van der Waals surface area contributed by atoms with E-state index in [1.807, 2.05) is 0 Å². The third-order valence-corrected chi connectivity index (χ3v) is 3.41. The molecule has 0 aliphatic rings. The van der Waals surface area contributed by atoms with E-state index < -0.39 is 7.38 Å². The van der Waals surface area contributed by atoms with Gasteiger partial charge in [-0.1, -0.05) is 13.1 Å². The minimum absolute atomic E-state index is 0.273. The maximum atomic E-state index is 10.5. The largest absolute Gasteiger partial charge is 0.300 e. The first-order valence-corrected chi connectivity index (χ1v) is 7.82. The molecule has 0 fully saturated rings. The van der Waals surface area contributed by atoms with Gasteiger partial charge in [0.15, 0.2) is 7.38 Å². The van der Waals surface area contributed by atoms with E-state index >= 15 is 0 Å². The smallest absolute Gasteiger partial charge is 0.150 e. The maximum absolute atomic E-state index is 10.5. The number of carbonyl (C=O) groups is 1. The zero-order valence-electron chi connectivity index (χ0n) is 6.91. The summed E-state index contributed by atoms with van der Waals surface area (Å²) < 4.78 is 0. The zero-order valence-corrected chi connectivity index (χ0v) is 8.66. The SMILES string of the molecule is CC(=O)CCC[Si](C)(C)Cl. The Morgan fingerprint density at radius 2 is 2.00 bits per heavy atom. The highest BCUT2D eigenvalue weighted by molar-refractivity contribution is 7.19. The first-order chi connectivity index (χ1) is 4.42. The molecular formula is C7H15ClOSi. The summed E-state index contributed by atoms with van der Waals surface area (Å²) in [5, 5.41) is 0. The molecule has 0 bridgehead atoms. The molecule has 0 aromatic rings. The van der Waals surface area contributed by atoms with E-state index in [2.05, 4.69) is 13.1 Å². The van der Waals surface area contributed by atoms with E-state index in [1.165, 1.54) is 0 Å². The van der Waals surface area contributed by atoms with Gasteiger partial charge in [0.1, 0.15) is 5.78 Å². The van der Waals surface area contributed by atoms with E-state index in [0.717, 1.165) is 12.5 Å². The van der Waals surface area contributed by atoms with Crippen molar-refractivity contribution in [1.29, 1.82) is 0 Å². The first-order valence-electron chi connectivity index (χ1n) is 3.60. The van der Waals surface area contributed by atoms with Crippen molar-refractivity contribution in [2.24, 2.45) is 0 Å². The normalized spacial score (nSPS) is 11.6. The van der Waals surface area contributed by atoms with Crippen LogP contribution in [0.3, 0.4) is 0 Å². The molecule has 0 N–H and O–H groups in total. The van der Waals surface area contributed by atoms with Crippen LogP contribution in [-0.2, 0) is 4.79 Å². The lowest BCUT2D eigenvalue weighted by atomic mass is 10.3. The average molecular weight is 179 g/mol. The summed E-state index contributed by atoms with van der Waals surface area (Å²) in [5.74, 6) is 0.273. The van der Waals surface area contributed by atoms with Crippen molar-refractivity contribution < 1.29 is 4.79 Å². The summed E-state index contributed by atoms with van der Waals surface area (Å²) in [4.78, 5) is 10.5. The third-order valence-electron chi connectivity index (χ3n) is 1.30. The zero-order chi connectivity index (χ0) is 8.20. The Bertz CT molecular complexity index is 117. The van der Waals surface area contributed by atoms with Crippen molar-refractivity contribution in [3.8, 4) is 0 Å². The molecule has 0 rings (SSSR count). The number of hydrogen-bond donors (Lipinski definition) is 0. The summed E-state index contributed by atoms with van der Waals surface area (Å²) in [6, 6.07) is 1.05. The summed E-state index contributed by atoms with van der Waals surface area (Å²) in [5.41, 5.74) is 0. The van der Waals surface area contributed by atoms with Gasteiger partial charge in [0, 0.05) is 6.42 Å². The Kier molecular flexibility index (Phi) is 4.21. The fourth-order valence-electron chi connectivity index (χ4n) is 0.758. The summed E-state index contributed by atoms with van der Waals surface area (Å²) in [7, 11) is -1.40. The van der Waals surface area contributed by atoms with Crippen LogP contribution in [0.15, 0.2) is 0 Å². The lowest BCUT2D eigenvalue weighted by Gasteiger charge is -2.10. The molecule has 0 unspecified atom stereocenters. The molecule has 0 atom stereocenters. The van der Waals surface area contributed by atoms with Crippen molar-refractivity contribution in [1.82, 2.24) is 0 Å². The maximum Gasteiger partial charge on any atom is 0.150 e. The minimum Gasteiger partial charge on any atom is -0.300 e. The predicted molar refractivity (Wildman–Crippen MR) is 48.1 cm³/mol. The molecule has 0 aliphatic heterocycles. The van der Waals surface area contributed by atoms with Gasteiger partial charge in [-0.25, -0.2) is 0 Å². The van der Waals surface area contributed by atoms with Gasteiger partial charge in [-0.2, -0.15) is 11.1 Å². The Labute approximate surface area is 68.5 Å². The van der Waals surface area contributed by atoms with Crippen LogP contribution in [0.25, 0.3) is 0 Å². The highest BCUT2D eigenvalue weighted by Crippen LogP contribution is 2.17. The second-order valence-electron chi connectivity index (χ2n) is 3.27. The number of hydrogen-bond acceptors (Lipinski definition) is 1. The second-order valence-corrected chi connectivity index (χ2v) is 10.3. The Morgan fingerprint density at radius 1 is 1.50 bits per heavy atom. The molecule has 0 aliphatic carbocycles. The molecule has 0 aromatic carbocycles. The van der Waals surface area contributed by atoms with Crippen LogP contribution in [0, 0.1) is 0 Å². The van der Waals surface area contributed by atoms with Crippen molar-refractivity contribution in [3.63, 3.8) is 0 Å². The Morgan fingerprint density at radius 3 is 2.30 bits per heavy atom. The number of rotatable bonds is 4. The van der Waals surface area contributed by atoms with Crippen molar-refractivity contribution >= 4 is 24.2 Å². The van der Waals surface area contributed by atoms with Gasteiger partial charge >= 0.3 is 0 Å². The van der Waals surface area contributed by atoms with Crippen LogP contribution in [-0.4, -0.2) is 13.2 Å². The molecule has 0 radical (unpaired) electrons. The summed E-state index contributed by atoms with van der Waals surface area (Å²) in [6.07, 6.45) is 1.67. The van der Waals surface area contributed by atoms with Gasteiger partial charge in [0.05, 0.1) is 0 Å². The van der Waals surface area contributed by atoms with Crippen LogP contribution in [0.2, 0.25) is 19.1 Å². The molecule has 0 heterocycles. The van der Waals surface area contributed by atoms with Crippen molar-refractivity contribution in [3.05, 3.63) is 0 Å². The van der Waals surface area contributed by atoms with E-state index in [-0.39, 0.29) is 5.78 Å². The molecule has 3 heteroatoms. The highest BCUT2D eigenvalue weighted by Gasteiger charge is 2.15. The van der Waals surface area contributed by atoms with Crippen LogP contribution in [0.1, 0.15) is 19.8 Å². The molecule has 0 spiro atoms.